The van der Waals surface area contributed by atoms with Crippen molar-refractivity contribution in [1.29, 1.82) is 0 Å². The lowest BCUT2D eigenvalue weighted by atomic mass is 9.99. The number of rotatable bonds is 2. The molecule has 0 bridgehead atoms. The third-order valence-electron chi connectivity index (χ3n) is 3.08. The van der Waals surface area contributed by atoms with Gasteiger partial charge in [-0.15, -0.1) is 11.3 Å². The van der Waals surface area contributed by atoms with Gasteiger partial charge in [0.25, 0.3) is 0 Å². The van der Waals surface area contributed by atoms with Gasteiger partial charge in [-0.2, -0.15) is 0 Å². The summed E-state index contributed by atoms with van der Waals surface area (Å²) < 4.78 is 2.40. The van der Waals surface area contributed by atoms with Gasteiger partial charge in [-0.05, 0) is 43.9 Å². The molecule has 0 fully saturated rings. The van der Waals surface area contributed by atoms with Crippen molar-refractivity contribution >= 4 is 37.4 Å². The maximum Gasteiger partial charge on any atom is 0.0566 e. The van der Waals surface area contributed by atoms with Crippen molar-refractivity contribution in [3.05, 3.63) is 69.5 Å². The Morgan fingerprint density at radius 3 is 2.56 bits per heavy atom. The lowest BCUT2D eigenvalue weighted by Gasteiger charge is -2.11. The third-order valence-corrected chi connectivity index (χ3v) is 5.05. The molecule has 0 saturated carbocycles. The summed E-state index contributed by atoms with van der Waals surface area (Å²) in [5.74, 6) is 0. The van der Waals surface area contributed by atoms with Gasteiger partial charge in [0.05, 0.1) is 6.04 Å². The lowest BCUT2D eigenvalue weighted by molar-refractivity contribution is 0.885. The van der Waals surface area contributed by atoms with Crippen LogP contribution in [0.5, 0.6) is 0 Å². The Labute approximate surface area is 118 Å². The van der Waals surface area contributed by atoms with E-state index in [-0.39, 0.29) is 6.04 Å². The molecule has 90 valence electrons. The minimum atomic E-state index is -0.0609. The van der Waals surface area contributed by atoms with E-state index in [0.717, 1.165) is 10.0 Å². The van der Waals surface area contributed by atoms with Crippen molar-refractivity contribution in [3.8, 4) is 0 Å². The predicted octanol–water partition coefficient (Wildman–Crippen LogP) is 4.71. The zero-order valence-corrected chi connectivity index (χ0v) is 12.0. The molecular formula is C15H12BrNS. The van der Waals surface area contributed by atoms with Gasteiger partial charge in [-0.1, -0.05) is 42.5 Å². The number of nitrogens with two attached hydrogens (primary N) is 1. The van der Waals surface area contributed by atoms with Crippen molar-refractivity contribution in [2.24, 2.45) is 5.73 Å². The van der Waals surface area contributed by atoms with Crippen molar-refractivity contribution in [3.63, 3.8) is 0 Å². The highest BCUT2D eigenvalue weighted by molar-refractivity contribution is 9.10. The van der Waals surface area contributed by atoms with Crippen molar-refractivity contribution < 1.29 is 0 Å². The summed E-state index contributed by atoms with van der Waals surface area (Å²) in [6.07, 6.45) is 0. The first-order valence-electron chi connectivity index (χ1n) is 5.73. The second kappa shape index (κ2) is 4.84. The first kappa shape index (κ1) is 11.9. The maximum atomic E-state index is 6.37. The summed E-state index contributed by atoms with van der Waals surface area (Å²) in [6.45, 7) is 0. The lowest BCUT2D eigenvalue weighted by Crippen LogP contribution is -2.10. The summed E-state index contributed by atoms with van der Waals surface area (Å²) in [5.41, 5.74) is 8.72. The van der Waals surface area contributed by atoms with Crippen molar-refractivity contribution in [2.75, 3.05) is 0 Å². The van der Waals surface area contributed by atoms with Crippen LogP contribution in [0.3, 0.4) is 0 Å². The summed E-state index contributed by atoms with van der Waals surface area (Å²) in [4.78, 5) is 0. The molecule has 1 atom stereocenters. The molecule has 1 aromatic heterocycles. The summed E-state index contributed by atoms with van der Waals surface area (Å²) in [6, 6.07) is 16.4. The normalized spacial score (nSPS) is 12.8. The SMILES string of the molecule is NC(c1ccccc1)c1csc2c(Br)cccc12. The van der Waals surface area contributed by atoms with Crippen LogP contribution in [0.25, 0.3) is 10.1 Å². The second-order valence-corrected chi connectivity index (χ2v) is 5.93. The Hall–Kier alpha value is -1.16. The van der Waals surface area contributed by atoms with Crippen LogP contribution >= 0.6 is 27.3 Å². The van der Waals surface area contributed by atoms with Crippen LogP contribution in [0.1, 0.15) is 17.2 Å². The molecule has 1 nitrogen and oxygen atoms in total. The number of fused-ring (bicyclic) bond motifs is 1. The summed E-state index contributed by atoms with van der Waals surface area (Å²) >= 11 is 5.32. The first-order chi connectivity index (χ1) is 8.77. The molecule has 0 aliphatic carbocycles. The molecule has 0 radical (unpaired) electrons. The van der Waals surface area contributed by atoms with Crippen LogP contribution in [0.2, 0.25) is 0 Å². The van der Waals surface area contributed by atoms with Gasteiger partial charge in [0, 0.05) is 9.17 Å². The van der Waals surface area contributed by atoms with E-state index in [1.165, 1.54) is 15.6 Å². The Kier molecular flexibility index (Phi) is 3.20. The molecule has 1 unspecified atom stereocenters. The van der Waals surface area contributed by atoms with Crippen LogP contribution in [0.4, 0.5) is 0 Å². The third kappa shape index (κ3) is 1.99. The molecular weight excluding hydrogens is 306 g/mol. The van der Waals surface area contributed by atoms with Gasteiger partial charge in [-0.3, -0.25) is 0 Å². The fraction of sp³-hybridized carbons (Fsp3) is 0.0667. The van der Waals surface area contributed by atoms with Crippen molar-refractivity contribution in [2.45, 2.75) is 6.04 Å². The largest absolute Gasteiger partial charge is 0.320 e. The van der Waals surface area contributed by atoms with Crippen LogP contribution < -0.4 is 5.73 Å². The Morgan fingerprint density at radius 2 is 1.78 bits per heavy atom. The minimum absolute atomic E-state index is 0.0609. The molecule has 0 aliphatic heterocycles. The van der Waals surface area contributed by atoms with Gasteiger partial charge in [-0.25, -0.2) is 0 Å². The van der Waals surface area contributed by atoms with Crippen molar-refractivity contribution in [1.82, 2.24) is 0 Å². The number of hydrogen-bond acceptors (Lipinski definition) is 2. The molecule has 2 N–H and O–H groups in total. The van der Waals surface area contributed by atoms with Gasteiger partial charge in [0.15, 0.2) is 0 Å². The molecule has 0 aliphatic rings. The number of benzene rings is 2. The maximum absolute atomic E-state index is 6.37. The number of thiophene rings is 1. The fourth-order valence-electron chi connectivity index (χ4n) is 2.12. The number of hydrogen-bond donors (Lipinski definition) is 1. The molecule has 3 heteroatoms. The highest BCUT2D eigenvalue weighted by Gasteiger charge is 2.14. The quantitative estimate of drug-likeness (QED) is 0.727. The highest BCUT2D eigenvalue weighted by Crippen LogP contribution is 2.36. The second-order valence-electron chi connectivity index (χ2n) is 4.20. The van der Waals surface area contributed by atoms with E-state index in [1.54, 1.807) is 11.3 Å². The fourth-order valence-corrected chi connectivity index (χ4v) is 3.78. The van der Waals surface area contributed by atoms with Gasteiger partial charge < -0.3 is 5.73 Å². The zero-order valence-electron chi connectivity index (χ0n) is 9.64. The molecule has 0 spiro atoms. The highest BCUT2D eigenvalue weighted by atomic mass is 79.9. The average molecular weight is 318 g/mol. The molecule has 0 amide bonds. The average Bonchev–Trinajstić information content (AvgIpc) is 2.84. The Balaban J connectivity index is 2.13. The molecule has 3 rings (SSSR count). The Bertz CT molecular complexity index is 675. The molecule has 1 heterocycles. The zero-order chi connectivity index (χ0) is 12.5. The molecule has 0 saturated heterocycles. The standard InChI is InChI=1S/C15H12BrNS/c16-13-8-4-7-11-12(9-18-15(11)13)14(17)10-5-2-1-3-6-10/h1-9,14H,17H2. The predicted molar refractivity (Wildman–Crippen MR) is 82.0 cm³/mol. The van der Waals surface area contributed by atoms with E-state index in [4.69, 9.17) is 5.73 Å². The van der Waals surface area contributed by atoms with E-state index in [9.17, 15) is 0 Å². The van der Waals surface area contributed by atoms with Crippen LogP contribution in [-0.4, -0.2) is 0 Å². The first-order valence-corrected chi connectivity index (χ1v) is 7.41. The molecule has 2 aromatic carbocycles. The minimum Gasteiger partial charge on any atom is -0.320 e. The number of halogens is 1. The topological polar surface area (TPSA) is 26.0 Å². The van der Waals surface area contributed by atoms with Crippen LogP contribution in [0, 0.1) is 0 Å². The summed E-state index contributed by atoms with van der Waals surface area (Å²) in [7, 11) is 0. The van der Waals surface area contributed by atoms with E-state index < -0.39 is 0 Å². The van der Waals surface area contributed by atoms with E-state index in [1.807, 2.05) is 18.2 Å². The van der Waals surface area contributed by atoms with E-state index in [2.05, 4.69) is 51.6 Å². The summed E-state index contributed by atoms with van der Waals surface area (Å²) in [5, 5.41) is 3.40. The van der Waals surface area contributed by atoms with Crippen LogP contribution in [-0.2, 0) is 0 Å². The van der Waals surface area contributed by atoms with Gasteiger partial charge in [0.1, 0.15) is 0 Å². The molecule has 18 heavy (non-hydrogen) atoms. The van der Waals surface area contributed by atoms with Crippen LogP contribution in [0.15, 0.2) is 58.4 Å². The monoisotopic (exact) mass is 317 g/mol. The van der Waals surface area contributed by atoms with Gasteiger partial charge in [0.2, 0.25) is 0 Å². The smallest absolute Gasteiger partial charge is 0.0566 e. The Morgan fingerprint density at radius 1 is 1.00 bits per heavy atom. The van der Waals surface area contributed by atoms with E-state index >= 15 is 0 Å². The van der Waals surface area contributed by atoms with Gasteiger partial charge >= 0.3 is 0 Å². The van der Waals surface area contributed by atoms with E-state index in [0.29, 0.717) is 0 Å². The molecule has 3 aromatic rings.